The van der Waals surface area contributed by atoms with Crippen LogP contribution in [0.2, 0.25) is 0 Å². The van der Waals surface area contributed by atoms with Crippen LogP contribution in [0, 0.1) is 0 Å². The van der Waals surface area contributed by atoms with Gasteiger partial charge in [-0.05, 0) is 41.2 Å². The molecule has 0 aliphatic rings. The summed E-state index contributed by atoms with van der Waals surface area (Å²) in [5.41, 5.74) is 2.17. The van der Waals surface area contributed by atoms with E-state index >= 15 is 0 Å². The molecule has 0 radical (unpaired) electrons. The molecule has 0 heterocycles. The molecular weight excluding hydrogens is 344 g/mol. The van der Waals surface area contributed by atoms with Crippen molar-refractivity contribution in [1.82, 2.24) is 0 Å². The van der Waals surface area contributed by atoms with Gasteiger partial charge in [-0.15, -0.1) is 0 Å². The zero-order valence-electron chi connectivity index (χ0n) is 16.5. The smallest absolute Gasteiger partial charge is 0.303 e. The van der Waals surface area contributed by atoms with Crippen LogP contribution in [0.4, 0.5) is 0 Å². The molecule has 0 aromatic heterocycles. The Labute approximate surface area is 160 Å². The van der Waals surface area contributed by atoms with Crippen molar-refractivity contribution < 1.29 is 24.1 Å². The van der Waals surface area contributed by atoms with E-state index in [2.05, 4.69) is 32.9 Å². The van der Waals surface area contributed by atoms with Crippen LogP contribution in [-0.4, -0.2) is 31.4 Å². The molecule has 0 amide bonds. The number of ether oxygens (including phenoxy) is 3. The number of carboxylic acid groups (broad SMARTS) is 1. The molecule has 2 rings (SSSR count). The summed E-state index contributed by atoms with van der Waals surface area (Å²) in [6, 6.07) is 13.5. The molecule has 1 N–H and O–H groups in total. The maximum atomic E-state index is 10.8. The van der Waals surface area contributed by atoms with Crippen LogP contribution < -0.4 is 14.2 Å². The highest BCUT2D eigenvalue weighted by molar-refractivity contribution is 5.67. The summed E-state index contributed by atoms with van der Waals surface area (Å²) in [6.45, 7) is 7.23. The summed E-state index contributed by atoms with van der Waals surface area (Å²) < 4.78 is 16.9. The van der Waals surface area contributed by atoms with E-state index in [9.17, 15) is 4.79 Å². The van der Waals surface area contributed by atoms with E-state index in [1.54, 1.807) is 13.2 Å². The van der Waals surface area contributed by atoms with E-state index in [1.165, 1.54) is 5.56 Å². The van der Waals surface area contributed by atoms with E-state index < -0.39 is 5.97 Å². The number of methoxy groups -OCH3 is 1. The second-order valence-corrected chi connectivity index (χ2v) is 7.31. The van der Waals surface area contributed by atoms with E-state index in [0.29, 0.717) is 31.1 Å². The number of benzene rings is 2. The molecule has 2 aromatic carbocycles. The molecule has 0 bridgehead atoms. The van der Waals surface area contributed by atoms with E-state index in [0.717, 1.165) is 11.3 Å². The Balaban J connectivity index is 1.93. The number of carbonyl (C=O) groups is 1. The van der Waals surface area contributed by atoms with Gasteiger partial charge >= 0.3 is 5.97 Å². The predicted octanol–water partition coefficient (Wildman–Crippen LogP) is 4.47. The Morgan fingerprint density at radius 1 is 1.00 bits per heavy atom. The Bertz CT molecular complexity index is 744. The summed E-state index contributed by atoms with van der Waals surface area (Å²) in [4.78, 5) is 10.8. The summed E-state index contributed by atoms with van der Waals surface area (Å²) in [5, 5.41) is 8.91. The molecular formula is C22H28O5. The first-order valence-corrected chi connectivity index (χ1v) is 9.05. The Kier molecular flexibility index (Phi) is 7.11. The maximum Gasteiger partial charge on any atom is 0.303 e. The first-order chi connectivity index (χ1) is 12.8. The van der Waals surface area contributed by atoms with E-state index in [1.807, 2.05) is 24.3 Å². The van der Waals surface area contributed by atoms with Crippen molar-refractivity contribution in [2.45, 2.75) is 39.0 Å². The third kappa shape index (κ3) is 6.20. The lowest BCUT2D eigenvalue weighted by molar-refractivity contribution is -0.136. The largest absolute Gasteiger partial charge is 0.493 e. The molecule has 0 aliphatic carbocycles. The maximum absolute atomic E-state index is 10.8. The average molecular weight is 372 g/mol. The van der Waals surface area contributed by atoms with Crippen LogP contribution in [0.5, 0.6) is 17.2 Å². The van der Waals surface area contributed by atoms with E-state index in [4.69, 9.17) is 19.3 Å². The number of carboxylic acids is 1. The van der Waals surface area contributed by atoms with Gasteiger partial charge in [0.15, 0.2) is 11.5 Å². The van der Waals surface area contributed by atoms with Crippen LogP contribution >= 0.6 is 0 Å². The first-order valence-electron chi connectivity index (χ1n) is 9.05. The van der Waals surface area contributed by atoms with Gasteiger partial charge in [0.1, 0.15) is 19.0 Å². The number of aryl methyl sites for hydroxylation is 1. The van der Waals surface area contributed by atoms with Crippen molar-refractivity contribution in [2.24, 2.45) is 0 Å². The van der Waals surface area contributed by atoms with Gasteiger partial charge in [0, 0.05) is 6.42 Å². The number of para-hydroxylation sites is 1. The zero-order chi connectivity index (χ0) is 19.9. The highest BCUT2D eigenvalue weighted by atomic mass is 16.5. The summed E-state index contributed by atoms with van der Waals surface area (Å²) in [7, 11) is 1.57. The summed E-state index contributed by atoms with van der Waals surface area (Å²) in [6.07, 6.45) is 0.428. The molecule has 0 aliphatic heterocycles. The van der Waals surface area contributed by atoms with Crippen molar-refractivity contribution in [3.63, 3.8) is 0 Å². The SMILES string of the molecule is COc1cccc(CCC(=O)O)c1OCCOc1ccc(C(C)(C)C)cc1. The van der Waals surface area contributed by atoms with Gasteiger partial charge in [-0.3, -0.25) is 4.79 Å². The molecule has 2 aromatic rings. The number of aliphatic carboxylic acids is 1. The van der Waals surface area contributed by atoms with Crippen molar-refractivity contribution in [3.05, 3.63) is 53.6 Å². The normalized spacial score (nSPS) is 11.1. The Morgan fingerprint density at radius 3 is 2.26 bits per heavy atom. The molecule has 0 unspecified atom stereocenters. The molecule has 5 nitrogen and oxygen atoms in total. The zero-order valence-corrected chi connectivity index (χ0v) is 16.5. The van der Waals surface area contributed by atoms with Gasteiger partial charge in [0.25, 0.3) is 0 Å². The predicted molar refractivity (Wildman–Crippen MR) is 105 cm³/mol. The fourth-order valence-corrected chi connectivity index (χ4v) is 2.68. The van der Waals surface area contributed by atoms with Gasteiger partial charge in [-0.2, -0.15) is 0 Å². The summed E-state index contributed by atoms with van der Waals surface area (Å²) in [5.74, 6) is 1.11. The van der Waals surface area contributed by atoms with Crippen molar-refractivity contribution in [2.75, 3.05) is 20.3 Å². The quantitative estimate of drug-likeness (QED) is 0.658. The molecule has 146 valence electrons. The number of hydrogen-bond donors (Lipinski definition) is 1. The molecule has 0 spiro atoms. The van der Waals surface area contributed by atoms with Crippen LogP contribution in [0.3, 0.4) is 0 Å². The minimum absolute atomic E-state index is 0.0418. The number of hydrogen-bond acceptors (Lipinski definition) is 4. The Hall–Kier alpha value is -2.69. The highest BCUT2D eigenvalue weighted by Crippen LogP contribution is 2.32. The third-order valence-electron chi connectivity index (χ3n) is 4.21. The lowest BCUT2D eigenvalue weighted by Gasteiger charge is -2.19. The summed E-state index contributed by atoms with van der Waals surface area (Å²) >= 11 is 0. The first kappa shape index (κ1) is 20.6. The van der Waals surface area contributed by atoms with Crippen LogP contribution in [0.15, 0.2) is 42.5 Å². The van der Waals surface area contributed by atoms with E-state index in [-0.39, 0.29) is 11.8 Å². The molecule has 0 saturated carbocycles. The second kappa shape index (κ2) is 9.31. The van der Waals surface area contributed by atoms with Gasteiger partial charge < -0.3 is 19.3 Å². The standard InChI is InChI=1S/C22H28O5/c1-22(2,3)17-9-11-18(12-10-17)26-14-15-27-21-16(8-13-20(23)24)6-5-7-19(21)25-4/h5-7,9-12H,8,13-15H2,1-4H3,(H,23,24). The minimum atomic E-state index is -0.842. The minimum Gasteiger partial charge on any atom is -0.493 e. The van der Waals surface area contributed by atoms with Crippen molar-refractivity contribution >= 4 is 5.97 Å². The fourth-order valence-electron chi connectivity index (χ4n) is 2.68. The fraction of sp³-hybridized carbons (Fsp3) is 0.409. The van der Waals surface area contributed by atoms with Crippen molar-refractivity contribution in [1.29, 1.82) is 0 Å². The molecule has 27 heavy (non-hydrogen) atoms. The van der Waals surface area contributed by atoms with Gasteiger partial charge in [-0.25, -0.2) is 0 Å². The van der Waals surface area contributed by atoms with Crippen molar-refractivity contribution in [3.8, 4) is 17.2 Å². The monoisotopic (exact) mass is 372 g/mol. The molecule has 0 fully saturated rings. The number of rotatable bonds is 9. The topological polar surface area (TPSA) is 65.0 Å². The van der Waals surface area contributed by atoms with Gasteiger partial charge in [-0.1, -0.05) is 45.0 Å². The molecule has 0 saturated heterocycles. The van der Waals surface area contributed by atoms with Gasteiger partial charge in [0.2, 0.25) is 0 Å². The van der Waals surface area contributed by atoms with Gasteiger partial charge in [0.05, 0.1) is 7.11 Å². The van der Waals surface area contributed by atoms with Crippen LogP contribution in [0.25, 0.3) is 0 Å². The van der Waals surface area contributed by atoms with Crippen LogP contribution in [-0.2, 0) is 16.6 Å². The highest BCUT2D eigenvalue weighted by Gasteiger charge is 2.14. The molecule has 5 heteroatoms. The van der Waals surface area contributed by atoms with Crippen LogP contribution in [0.1, 0.15) is 38.3 Å². The Morgan fingerprint density at radius 2 is 1.67 bits per heavy atom. The second-order valence-electron chi connectivity index (χ2n) is 7.31. The average Bonchev–Trinajstić information content (AvgIpc) is 2.63. The molecule has 0 atom stereocenters. The third-order valence-corrected chi connectivity index (χ3v) is 4.21. The lowest BCUT2D eigenvalue weighted by Crippen LogP contribution is -2.12. The lowest BCUT2D eigenvalue weighted by atomic mass is 9.87.